The number of hydrogen-bond donors (Lipinski definition) is 2. The lowest BCUT2D eigenvalue weighted by molar-refractivity contribution is 0.0697. The molecule has 3 nitrogen and oxygen atoms in total. The van der Waals surface area contributed by atoms with Gasteiger partial charge in [0, 0.05) is 22.6 Å². The van der Waals surface area contributed by atoms with Crippen LogP contribution in [-0.4, -0.2) is 11.1 Å². The number of halogens is 2. The molecular weight excluding hydrogens is 337 g/mol. The maximum Gasteiger partial charge on any atom is 0.335 e. The summed E-state index contributed by atoms with van der Waals surface area (Å²) >= 11 is 3.36. The Bertz CT molecular complexity index is 660. The first-order valence-corrected chi connectivity index (χ1v) is 7.28. The van der Waals surface area contributed by atoms with Crippen LogP contribution >= 0.6 is 15.9 Å². The first-order chi connectivity index (χ1) is 9.99. The molecule has 0 saturated carbocycles. The van der Waals surface area contributed by atoms with Crippen LogP contribution in [0.3, 0.4) is 0 Å². The molecule has 2 aromatic carbocycles. The predicted octanol–water partition coefficient (Wildman–Crippen LogP) is 4.14. The van der Waals surface area contributed by atoms with E-state index in [0.29, 0.717) is 12.1 Å². The van der Waals surface area contributed by atoms with Crippen molar-refractivity contribution in [3.63, 3.8) is 0 Å². The molecule has 0 radical (unpaired) electrons. The second-order valence-corrected chi connectivity index (χ2v) is 5.59. The van der Waals surface area contributed by atoms with Crippen LogP contribution in [0.4, 0.5) is 4.39 Å². The van der Waals surface area contributed by atoms with Crippen LogP contribution in [0, 0.1) is 5.82 Å². The molecule has 0 saturated heterocycles. The molecule has 2 aromatic rings. The third kappa shape index (κ3) is 3.89. The Morgan fingerprint density at radius 1 is 1.33 bits per heavy atom. The number of carboxylic acid groups (broad SMARTS) is 1. The minimum atomic E-state index is -0.963. The van der Waals surface area contributed by atoms with E-state index in [9.17, 15) is 9.18 Å². The molecular formula is C16H15BrFNO2. The summed E-state index contributed by atoms with van der Waals surface area (Å²) < 4.78 is 14.4. The van der Waals surface area contributed by atoms with Crippen molar-refractivity contribution in [3.8, 4) is 0 Å². The minimum absolute atomic E-state index is 0.141. The lowest BCUT2D eigenvalue weighted by Crippen LogP contribution is -2.19. The van der Waals surface area contributed by atoms with Crippen LogP contribution in [0.5, 0.6) is 0 Å². The molecule has 0 fully saturated rings. The highest BCUT2D eigenvalue weighted by atomic mass is 79.9. The average molecular weight is 352 g/mol. The standard InChI is InChI=1S/C16H15BrFNO2/c1-10(13-4-2-3-5-15(13)18)19-9-12-7-6-11(16(20)21)8-14(12)17/h2-8,10,19H,9H2,1H3,(H,20,21)/t10-/m1/s1. The molecule has 0 spiro atoms. The van der Waals surface area contributed by atoms with E-state index in [1.165, 1.54) is 6.07 Å². The summed E-state index contributed by atoms with van der Waals surface area (Å²) in [5, 5.41) is 12.1. The molecule has 21 heavy (non-hydrogen) atoms. The normalized spacial score (nSPS) is 12.1. The Labute approximate surface area is 130 Å². The van der Waals surface area contributed by atoms with Crippen LogP contribution in [0.15, 0.2) is 46.9 Å². The van der Waals surface area contributed by atoms with Gasteiger partial charge in [0.2, 0.25) is 0 Å². The van der Waals surface area contributed by atoms with Gasteiger partial charge >= 0.3 is 5.97 Å². The number of rotatable bonds is 5. The number of carbonyl (C=O) groups is 1. The Morgan fingerprint density at radius 2 is 2.05 bits per heavy atom. The van der Waals surface area contributed by atoms with Gasteiger partial charge in [-0.15, -0.1) is 0 Å². The Kier molecular flexibility index (Phi) is 5.09. The lowest BCUT2D eigenvalue weighted by atomic mass is 10.1. The fourth-order valence-electron chi connectivity index (χ4n) is 2.02. The van der Waals surface area contributed by atoms with Gasteiger partial charge in [-0.1, -0.05) is 40.2 Å². The molecule has 0 amide bonds. The van der Waals surface area contributed by atoms with Crippen LogP contribution in [-0.2, 0) is 6.54 Å². The second kappa shape index (κ2) is 6.83. The molecule has 0 aliphatic heterocycles. The van der Waals surface area contributed by atoms with E-state index in [1.807, 2.05) is 6.92 Å². The van der Waals surface area contributed by atoms with E-state index in [2.05, 4.69) is 21.2 Å². The SMILES string of the molecule is C[C@@H](NCc1ccc(C(=O)O)cc1Br)c1ccccc1F. The Hall–Kier alpha value is -1.72. The first-order valence-electron chi connectivity index (χ1n) is 6.48. The van der Waals surface area contributed by atoms with Gasteiger partial charge < -0.3 is 10.4 Å². The van der Waals surface area contributed by atoms with Crippen molar-refractivity contribution in [1.29, 1.82) is 0 Å². The zero-order valence-corrected chi connectivity index (χ0v) is 13.0. The van der Waals surface area contributed by atoms with Crippen molar-refractivity contribution in [2.24, 2.45) is 0 Å². The highest BCUT2D eigenvalue weighted by Gasteiger charge is 2.11. The van der Waals surface area contributed by atoms with Crippen LogP contribution in [0.25, 0.3) is 0 Å². The summed E-state index contributed by atoms with van der Waals surface area (Å²) in [6.07, 6.45) is 0. The number of carboxylic acids is 1. The third-order valence-corrected chi connectivity index (χ3v) is 4.01. The van der Waals surface area contributed by atoms with Crippen LogP contribution < -0.4 is 5.32 Å². The Balaban J connectivity index is 2.06. The first kappa shape index (κ1) is 15.7. The summed E-state index contributed by atoms with van der Waals surface area (Å²) in [4.78, 5) is 10.9. The number of nitrogens with one attached hydrogen (secondary N) is 1. The van der Waals surface area contributed by atoms with Crippen molar-refractivity contribution >= 4 is 21.9 Å². The van der Waals surface area contributed by atoms with Gasteiger partial charge in [-0.2, -0.15) is 0 Å². The molecule has 110 valence electrons. The number of benzene rings is 2. The molecule has 2 N–H and O–H groups in total. The van der Waals surface area contributed by atoms with Crippen molar-refractivity contribution in [3.05, 3.63) is 69.4 Å². The van der Waals surface area contributed by atoms with E-state index in [0.717, 1.165) is 10.0 Å². The molecule has 1 atom stereocenters. The van der Waals surface area contributed by atoms with Gasteiger partial charge in [0.1, 0.15) is 5.82 Å². The van der Waals surface area contributed by atoms with E-state index < -0.39 is 5.97 Å². The number of hydrogen-bond acceptors (Lipinski definition) is 2. The van der Waals surface area contributed by atoms with Gasteiger partial charge in [-0.05, 0) is 30.7 Å². The van der Waals surface area contributed by atoms with Crippen LogP contribution in [0.1, 0.15) is 34.5 Å². The van der Waals surface area contributed by atoms with Crippen molar-refractivity contribution in [2.75, 3.05) is 0 Å². The molecule has 0 aliphatic rings. The summed E-state index contributed by atoms with van der Waals surface area (Å²) in [5.74, 6) is -1.20. The van der Waals surface area contributed by atoms with E-state index in [-0.39, 0.29) is 17.4 Å². The molecule has 5 heteroatoms. The maximum atomic E-state index is 13.7. The lowest BCUT2D eigenvalue weighted by Gasteiger charge is -2.16. The van der Waals surface area contributed by atoms with Gasteiger partial charge in [0.15, 0.2) is 0 Å². The third-order valence-electron chi connectivity index (χ3n) is 3.27. The average Bonchev–Trinajstić information content (AvgIpc) is 2.46. The van der Waals surface area contributed by atoms with Crippen molar-refractivity contribution < 1.29 is 14.3 Å². The second-order valence-electron chi connectivity index (χ2n) is 4.74. The molecule has 0 unspecified atom stereocenters. The zero-order valence-electron chi connectivity index (χ0n) is 11.4. The predicted molar refractivity (Wildman–Crippen MR) is 82.8 cm³/mol. The van der Waals surface area contributed by atoms with Gasteiger partial charge in [0.05, 0.1) is 5.56 Å². The van der Waals surface area contributed by atoms with Crippen LogP contribution in [0.2, 0.25) is 0 Å². The van der Waals surface area contributed by atoms with E-state index in [1.54, 1.807) is 36.4 Å². The zero-order chi connectivity index (χ0) is 15.4. The summed E-state index contributed by atoms with van der Waals surface area (Å²) in [5.41, 5.74) is 1.76. The summed E-state index contributed by atoms with van der Waals surface area (Å²) in [6.45, 7) is 2.40. The molecule has 0 bridgehead atoms. The maximum absolute atomic E-state index is 13.7. The summed E-state index contributed by atoms with van der Waals surface area (Å²) in [7, 11) is 0. The monoisotopic (exact) mass is 351 g/mol. The highest BCUT2D eigenvalue weighted by Crippen LogP contribution is 2.21. The van der Waals surface area contributed by atoms with Gasteiger partial charge in [-0.25, -0.2) is 9.18 Å². The highest BCUT2D eigenvalue weighted by molar-refractivity contribution is 9.10. The molecule has 2 rings (SSSR count). The molecule has 0 heterocycles. The fraction of sp³-hybridized carbons (Fsp3) is 0.188. The fourth-order valence-corrected chi connectivity index (χ4v) is 2.54. The minimum Gasteiger partial charge on any atom is -0.478 e. The number of aromatic carboxylic acids is 1. The topological polar surface area (TPSA) is 49.3 Å². The largest absolute Gasteiger partial charge is 0.478 e. The van der Waals surface area contributed by atoms with Gasteiger partial charge in [0.25, 0.3) is 0 Å². The summed E-state index contributed by atoms with van der Waals surface area (Å²) in [6, 6.07) is 11.4. The van der Waals surface area contributed by atoms with E-state index in [4.69, 9.17) is 5.11 Å². The van der Waals surface area contributed by atoms with Crippen molar-refractivity contribution in [2.45, 2.75) is 19.5 Å². The van der Waals surface area contributed by atoms with Gasteiger partial charge in [-0.3, -0.25) is 0 Å². The molecule has 0 aliphatic carbocycles. The van der Waals surface area contributed by atoms with Crippen molar-refractivity contribution in [1.82, 2.24) is 5.32 Å². The quantitative estimate of drug-likeness (QED) is 0.851. The molecule has 0 aromatic heterocycles. The van der Waals surface area contributed by atoms with E-state index >= 15 is 0 Å². The smallest absolute Gasteiger partial charge is 0.335 e. The Morgan fingerprint density at radius 3 is 2.67 bits per heavy atom.